The number of fused-ring (bicyclic) bond motifs is 4. The van der Waals surface area contributed by atoms with Gasteiger partial charge in [-0.2, -0.15) is 5.10 Å². The first kappa shape index (κ1) is 18.9. The van der Waals surface area contributed by atoms with Crippen molar-refractivity contribution < 1.29 is 4.39 Å². The van der Waals surface area contributed by atoms with Gasteiger partial charge in [-0.15, -0.1) is 0 Å². The normalized spacial score (nSPS) is 16.9. The number of rotatable bonds is 1. The molecule has 154 valence electrons. The molecule has 0 saturated carbocycles. The summed E-state index contributed by atoms with van der Waals surface area (Å²) >= 11 is 0. The van der Waals surface area contributed by atoms with Crippen molar-refractivity contribution in [2.45, 2.75) is 46.3 Å². The van der Waals surface area contributed by atoms with Crippen LogP contribution in [0.25, 0.3) is 22.4 Å². The van der Waals surface area contributed by atoms with Crippen molar-refractivity contribution in [3.05, 3.63) is 64.5 Å². The molecular weight excluding hydrogens is 379 g/mol. The Morgan fingerprint density at radius 1 is 1.23 bits per heavy atom. The van der Waals surface area contributed by atoms with Gasteiger partial charge in [-0.25, -0.2) is 14.4 Å². The lowest BCUT2D eigenvalue weighted by Gasteiger charge is -2.23. The number of hydrogen-bond donors (Lipinski definition) is 1. The second-order valence-electron chi connectivity index (χ2n) is 8.16. The lowest BCUT2D eigenvalue weighted by atomic mass is 9.90. The van der Waals surface area contributed by atoms with Gasteiger partial charge in [0.2, 0.25) is 0 Å². The minimum Gasteiger partial charge on any atom is -0.344 e. The first-order chi connectivity index (χ1) is 14.5. The van der Waals surface area contributed by atoms with Gasteiger partial charge in [0.15, 0.2) is 5.65 Å². The maximum absolute atomic E-state index is 14.2. The van der Waals surface area contributed by atoms with Gasteiger partial charge in [-0.3, -0.25) is 9.58 Å². The van der Waals surface area contributed by atoms with Crippen LogP contribution in [0.3, 0.4) is 0 Å². The van der Waals surface area contributed by atoms with Crippen molar-refractivity contribution in [3.8, 4) is 11.3 Å². The summed E-state index contributed by atoms with van der Waals surface area (Å²) < 4.78 is 16.2. The molecule has 2 bridgehead atoms. The number of nitrogens with zero attached hydrogens (tertiary/aromatic N) is 5. The molecule has 3 aromatic heterocycles. The number of aromatic nitrogens is 5. The summed E-state index contributed by atoms with van der Waals surface area (Å²) in [6.07, 6.45) is 3.77. The summed E-state index contributed by atoms with van der Waals surface area (Å²) in [6, 6.07) is 5.10. The summed E-state index contributed by atoms with van der Waals surface area (Å²) in [4.78, 5) is 15.1. The largest absolute Gasteiger partial charge is 0.344 e. The van der Waals surface area contributed by atoms with E-state index in [-0.39, 0.29) is 11.7 Å². The van der Waals surface area contributed by atoms with Crippen molar-refractivity contribution in [2.75, 3.05) is 7.05 Å². The molecule has 1 unspecified atom stereocenters. The standard InChI is InChI=1S/C23H25FN6/c1-5-30-20-12-29(4)11-15-6-7-16(24)8-17(15)13(2)18-9-25-23-22(18)27-19(10-26-23)21(20)14(3)28-30/h6-10,13H,5,11-12H2,1-4H3,(H,25,26). The van der Waals surface area contributed by atoms with Crippen LogP contribution < -0.4 is 0 Å². The Morgan fingerprint density at radius 3 is 2.87 bits per heavy atom. The molecule has 6 nitrogen and oxygen atoms in total. The lowest BCUT2D eigenvalue weighted by Crippen LogP contribution is -2.21. The summed E-state index contributed by atoms with van der Waals surface area (Å²) in [5.74, 6) is -0.232. The van der Waals surface area contributed by atoms with Crippen molar-refractivity contribution in [1.29, 1.82) is 0 Å². The predicted octanol–water partition coefficient (Wildman–Crippen LogP) is 4.39. The third-order valence-electron chi connectivity index (χ3n) is 6.10. The van der Waals surface area contributed by atoms with E-state index in [1.54, 1.807) is 12.1 Å². The molecule has 1 N–H and O–H groups in total. The van der Waals surface area contributed by atoms with E-state index in [0.717, 1.165) is 70.1 Å². The number of halogens is 1. The van der Waals surface area contributed by atoms with Crippen molar-refractivity contribution in [2.24, 2.45) is 0 Å². The quantitative estimate of drug-likeness (QED) is 0.511. The molecule has 0 radical (unpaired) electrons. The highest BCUT2D eigenvalue weighted by molar-refractivity contribution is 5.80. The molecule has 1 aliphatic heterocycles. The molecule has 4 heterocycles. The molecule has 1 aromatic carbocycles. The highest BCUT2D eigenvalue weighted by Gasteiger charge is 2.24. The van der Waals surface area contributed by atoms with Gasteiger partial charge in [0.05, 0.1) is 23.3 Å². The zero-order valence-electron chi connectivity index (χ0n) is 17.7. The minimum absolute atomic E-state index is 0.0132. The molecule has 0 amide bonds. The fourth-order valence-electron chi connectivity index (χ4n) is 4.63. The van der Waals surface area contributed by atoms with Crippen molar-refractivity contribution in [3.63, 3.8) is 0 Å². The van der Waals surface area contributed by atoms with Crippen molar-refractivity contribution in [1.82, 2.24) is 29.6 Å². The van der Waals surface area contributed by atoms with Crippen LogP contribution in [0.1, 0.15) is 47.8 Å². The van der Waals surface area contributed by atoms with E-state index in [2.05, 4.69) is 35.8 Å². The van der Waals surface area contributed by atoms with Gasteiger partial charge in [0.1, 0.15) is 11.3 Å². The Labute approximate surface area is 174 Å². The first-order valence-corrected chi connectivity index (χ1v) is 10.3. The van der Waals surface area contributed by atoms with E-state index < -0.39 is 0 Å². The van der Waals surface area contributed by atoms with Crippen LogP contribution in [0, 0.1) is 12.7 Å². The van der Waals surface area contributed by atoms with Crippen LogP contribution in [0.15, 0.2) is 30.6 Å². The van der Waals surface area contributed by atoms with Gasteiger partial charge < -0.3 is 4.98 Å². The van der Waals surface area contributed by atoms with Crippen molar-refractivity contribution >= 4 is 11.2 Å². The molecule has 0 aliphatic carbocycles. The highest BCUT2D eigenvalue weighted by atomic mass is 19.1. The number of nitrogens with one attached hydrogen (secondary N) is 1. The molecule has 4 aromatic rings. The molecule has 30 heavy (non-hydrogen) atoms. The Hall–Kier alpha value is -3.06. The first-order valence-electron chi connectivity index (χ1n) is 10.3. The van der Waals surface area contributed by atoms with E-state index >= 15 is 0 Å². The SMILES string of the molecule is CCn1nc(C)c2c1CN(C)Cc1ccc(F)cc1C(C)c1c[nH]c3ncc-2nc13. The van der Waals surface area contributed by atoms with Crippen LogP contribution in [0.5, 0.6) is 0 Å². The third-order valence-corrected chi connectivity index (χ3v) is 6.10. The molecular formula is C23H25FN6. The molecule has 0 fully saturated rings. The Morgan fingerprint density at radius 2 is 2.07 bits per heavy atom. The number of hydrogen-bond acceptors (Lipinski definition) is 4. The molecule has 7 heteroatoms. The smallest absolute Gasteiger partial charge is 0.156 e. The molecule has 5 rings (SSSR count). The van der Waals surface area contributed by atoms with Gasteiger partial charge >= 0.3 is 0 Å². The molecule has 0 saturated heterocycles. The Bertz CT molecular complexity index is 1250. The van der Waals surface area contributed by atoms with Gasteiger partial charge in [0.25, 0.3) is 0 Å². The van der Waals surface area contributed by atoms with Gasteiger partial charge in [0, 0.05) is 42.9 Å². The summed E-state index contributed by atoms with van der Waals surface area (Å²) in [5.41, 5.74) is 8.67. The summed E-state index contributed by atoms with van der Waals surface area (Å²) in [7, 11) is 2.09. The van der Waals surface area contributed by atoms with Crippen LogP contribution in [0.2, 0.25) is 0 Å². The van der Waals surface area contributed by atoms with Crippen LogP contribution in [-0.4, -0.2) is 36.7 Å². The maximum Gasteiger partial charge on any atom is 0.156 e. The minimum atomic E-state index is -0.219. The predicted molar refractivity (Wildman–Crippen MR) is 115 cm³/mol. The highest BCUT2D eigenvalue weighted by Crippen LogP contribution is 2.35. The fraction of sp³-hybridized carbons (Fsp3) is 0.348. The second kappa shape index (κ2) is 7.02. The number of aromatic amines is 1. The Balaban J connectivity index is 1.81. The van der Waals surface area contributed by atoms with Gasteiger partial charge in [-0.05, 0) is 44.2 Å². The van der Waals surface area contributed by atoms with E-state index in [1.807, 2.05) is 30.1 Å². The van der Waals surface area contributed by atoms with Crippen LogP contribution in [0.4, 0.5) is 4.39 Å². The van der Waals surface area contributed by atoms with Gasteiger partial charge in [-0.1, -0.05) is 13.0 Å². The van der Waals surface area contributed by atoms with E-state index in [0.29, 0.717) is 0 Å². The number of H-pyrrole nitrogens is 1. The summed E-state index contributed by atoms with van der Waals surface area (Å²) in [6.45, 7) is 8.46. The monoisotopic (exact) mass is 404 g/mol. The fourth-order valence-corrected chi connectivity index (χ4v) is 4.63. The number of benzene rings is 1. The van der Waals surface area contributed by atoms with Crippen LogP contribution >= 0.6 is 0 Å². The number of aryl methyl sites for hydroxylation is 2. The second-order valence-corrected chi connectivity index (χ2v) is 8.16. The van der Waals surface area contributed by atoms with E-state index in [4.69, 9.17) is 10.1 Å². The summed E-state index contributed by atoms with van der Waals surface area (Å²) in [5, 5.41) is 4.76. The van der Waals surface area contributed by atoms with E-state index in [9.17, 15) is 4.39 Å². The third kappa shape index (κ3) is 2.92. The average Bonchev–Trinajstić information content (AvgIpc) is 3.28. The average molecular weight is 404 g/mol. The molecule has 1 aliphatic rings. The maximum atomic E-state index is 14.2. The Kier molecular flexibility index (Phi) is 4.43. The zero-order valence-corrected chi connectivity index (χ0v) is 17.7. The topological polar surface area (TPSA) is 62.6 Å². The zero-order chi connectivity index (χ0) is 21.0. The molecule has 0 spiro atoms. The van der Waals surface area contributed by atoms with Crippen LogP contribution in [-0.2, 0) is 19.6 Å². The van der Waals surface area contributed by atoms with E-state index in [1.165, 1.54) is 0 Å². The lowest BCUT2D eigenvalue weighted by molar-refractivity contribution is 0.306. The molecule has 1 atom stereocenters.